The Morgan fingerprint density at radius 1 is 0.963 bits per heavy atom. The van der Waals surface area contributed by atoms with E-state index in [1.807, 2.05) is 35.0 Å². The van der Waals surface area contributed by atoms with Gasteiger partial charge in [-0.2, -0.15) is 10.1 Å². The van der Waals surface area contributed by atoms with E-state index in [1.54, 1.807) is 27.7 Å². The second-order valence-electron chi connectivity index (χ2n) is 6.37. The van der Waals surface area contributed by atoms with Gasteiger partial charge in [-0.15, -0.1) is 0 Å². The molecule has 7 nitrogen and oxygen atoms in total. The number of rotatable bonds is 5. The fraction of sp³-hybridized carbons (Fsp3) is 0.300. The van der Waals surface area contributed by atoms with Crippen LogP contribution in [-0.4, -0.2) is 36.1 Å². The first-order valence-corrected chi connectivity index (χ1v) is 8.75. The summed E-state index contributed by atoms with van der Waals surface area (Å²) in [6, 6.07) is 14.2. The second-order valence-corrected chi connectivity index (χ2v) is 6.37. The summed E-state index contributed by atoms with van der Waals surface area (Å²) in [6.45, 7) is 0. The molecule has 1 aromatic heterocycles. The van der Waals surface area contributed by atoms with Crippen LogP contribution in [0.15, 0.2) is 48.8 Å². The first-order chi connectivity index (χ1) is 13.2. The van der Waals surface area contributed by atoms with Crippen LogP contribution in [0.25, 0.3) is 0 Å². The molecular weight excluding hydrogens is 344 g/mol. The molecule has 0 spiro atoms. The average molecular weight is 366 g/mol. The summed E-state index contributed by atoms with van der Waals surface area (Å²) in [5.41, 5.74) is 2.24. The molecular formula is C20H22N4O3. The number of benzene rings is 2. The van der Waals surface area contributed by atoms with Crippen LogP contribution in [0.2, 0.25) is 0 Å². The van der Waals surface area contributed by atoms with E-state index in [1.165, 1.54) is 0 Å². The first kappa shape index (κ1) is 17.2. The van der Waals surface area contributed by atoms with Crippen molar-refractivity contribution in [2.24, 2.45) is 0 Å². The minimum atomic E-state index is 0.0276. The molecule has 0 fully saturated rings. The number of nitrogens with zero attached hydrogens (tertiary/aromatic N) is 3. The molecule has 2 atom stereocenters. The van der Waals surface area contributed by atoms with Crippen molar-refractivity contribution in [1.29, 1.82) is 0 Å². The molecule has 3 aromatic rings. The molecule has 1 aliphatic rings. The van der Waals surface area contributed by atoms with E-state index >= 15 is 0 Å². The average Bonchev–Trinajstić information content (AvgIpc) is 3.21. The van der Waals surface area contributed by atoms with Crippen LogP contribution in [0.1, 0.15) is 29.6 Å². The van der Waals surface area contributed by atoms with Crippen molar-refractivity contribution in [1.82, 2.24) is 14.8 Å². The van der Waals surface area contributed by atoms with Gasteiger partial charge in [0.2, 0.25) is 5.95 Å². The third-order valence-electron chi connectivity index (χ3n) is 4.92. The SMILES string of the molecule is COc1cccc(C2CC(c3ccc(OC)c(OC)c3)n3ncnc3N2)c1. The first-order valence-electron chi connectivity index (χ1n) is 8.75. The molecule has 1 aliphatic heterocycles. The van der Waals surface area contributed by atoms with Gasteiger partial charge in [0, 0.05) is 0 Å². The zero-order valence-electron chi connectivity index (χ0n) is 15.5. The van der Waals surface area contributed by atoms with Crippen LogP contribution in [0, 0.1) is 0 Å². The largest absolute Gasteiger partial charge is 0.497 e. The maximum atomic E-state index is 5.48. The highest BCUT2D eigenvalue weighted by molar-refractivity contribution is 5.46. The zero-order chi connectivity index (χ0) is 18.8. The second kappa shape index (κ2) is 7.19. The summed E-state index contributed by atoms with van der Waals surface area (Å²) in [5.74, 6) is 2.99. The van der Waals surface area contributed by atoms with Gasteiger partial charge in [0.15, 0.2) is 11.5 Å². The smallest absolute Gasteiger partial charge is 0.222 e. The monoisotopic (exact) mass is 366 g/mol. The molecule has 140 valence electrons. The minimum absolute atomic E-state index is 0.0276. The maximum Gasteiger partial charge on any atom is 0.222 e. The molecule has 2 heterocycles. The number of hydrogen-bond donors (Lipinski definition) is 1. The Balaban J connectivity index is 1.72. The number of ether oxygens (including phenoxy) is 3. The van der Waals surface area contributed by atoms with E-state index in [0.717, 1.165) is 29.2 Å². The molecule has 1 N–H and O–H groups in total. The Morgan fingerprint density at radius 3 is 2.59 bits per heavy atom. The Bertz CT molecular complexity index is 940. The molecule has 0 aliphatic carbocycles. The summed E-state index contributed by atoms with van der Waals surface area (Å²) in [6.07, 6.45) is 2.39. The van der Waals surface area contributed by atoms with Gasteiger partial charge >= 0.3 is 0 Å². The van der Waals surface area contributed by atoms with Gasteiger partial charge in [-0.05, 0) is 41.8 Å². The van der Waals surface area contributed by atoms with Crippen molar-refractivity contribution >= 4 is 5.95 Å². The molecule has 2 aromatic carbocycles. The summed E-state index contributed by atoms with van der Waals surface area (Å²) in [7, 11) is 4.96. The molecule has 0 saturated heterocycles. The van der Waals surface area contributed by atoms with E-state index in [0.29, 0.717) is 11.5 Å². The molecule has 27 heavy (non-hydrogen) atoms. The van der Waals surface area contributed by atoms with Crippen molar-refractivity contribution < 1.29 is 14.2 Å². The lowest BCUT2D eigenvalue weighted by Crippen LogP contribution is -2.28. The fourth-order valence-electron chi connectivity index (χ4n) is 3.53. The van der Waals surface area contributed by atoms with Gasteiger partial charge in [-0.3, -0.25) is 0 Å². The normalized spacial score (nSPS) is 18.3. The Kier molecular flexibility index (Phi) is 4.58. The number of hydrogen-bond acceptors (Lipinski definition) is 6. The maximum absolute atomic E-state index is 5.48. The van der Waals surface area contributed by atoms with Crippen molar-refractivity contribution in [2.75, 3.05) is 26.6 Å². The van der Waals surface area contributed by atoms with E-state index in [-0.39, 0.29) is 12.1 Å². The van der Waals surface area contributed by atoms with E-state index in [4.69, 9.17) is 14.2 Å². The highest BCUT2D eigenvalue weighted by Crippen LogP contribution is 2.40. The lowest BCUT2D eigenvalue weighted by molar-refractivity contribution is 0.352. The quantitative estimate of drug-likeness (QED) is 0.746. The van der Waals surface area contributed by atoms with Crippen LogP contribution in [-0.2, 0) is 0 Å². The van der Waals surface area contributed by atoms with Gasteiger partial charge in [-0.1, -0.05) is 18.2 Å². The third-order valence-corrected chi connectivity index (χ3v) is 4.92. The van der Waals surface area contributed by atoms with Crippen molar-refractivity contribution in [3.05, 3.63) is 59.9 Å². The molecule has 0 saturated carbocycles. The van der Waals surface area contributed by atoms with Gasteiger partial charge in [0.1, 0.15) is 12.1 Å². The lowest BCUT2D eigenvalue weighted by atomic mass is 9.93. The van der Waals surface area contributed by atoms with Gasteiger partial charge in [0.05, 0.1) is 33.4 Å². The van der Waals surface area contributed by atoms with Crippen LogP contribution >= 0.6 is 0 Å². The molecule has 2 unspecified atom stereocenters. The summed E-state index contributed by atoms with van der Waals surface area (Å²) in [5, 5.41) is 7.89. The predicted molar refractivity (Wildman–Crippen MR) is 102 cm³/mol. The number of methoxy groups -OCH3 is 3. The van der Waals surface area contributed by atoms with E-state index in [9.17, 15) is 0 Å². The van der Waals surface area contributed by atoms with Crippen molar-refractivity contribution in [2.45, 2.75) is 18.5 Å². The Labute approximate surface area is 157 Å². The van der Waals surface area contributed by atoms with Crippen LogP contribution < -0.4 is 19.5 Å². The van der Waals surface area contributed by atoms with Crippen LogP contribution in [0.4, 0.5) is 5.95 Å². The number of aromatic nitrogens is 3. The summed E-state index contributed by atoms with van der Waals surface area (Å²) < 4.78 is 18.1. The van der Waals surface area contributed by atoms with Crippen molar-refractivity contribution in [3.63, 3.8) is 0 Å². The highest BCUT2D eigenvalue weighted by Gasteiger charge is 2.30. The summed E-state index contributed by atoms with van der Waals surface area (Å²) >= 11 is 0. The molecule has 0 bridgehead atoms. The fourth-order valence-corrected chi connectivity index (χ4v) is 3.53. The van der Waals surface area contributed by atoms with E-state index < -0.39 is 0 Å². The molecule has 0 radical (unpaired) electrons. The third kappa shape index (κ3) is 3.16. The van der Waals surface area contributed by atoms with Crippen LogP contribution in [0.3, 0.4) is 0 Å². The zero-order valence-corrected chi connectivity index (χ0v) is 15.5. The standard InChI is InChI=1S/C20H22N4O3/c1-25-15-6-4-5-13(9-15)16-11-17(24-20(23-16)21-12-22-24)14-7-8-18(26-2)19(10-14)27-3/h4-10,12,16-17H,11H2,1-3H3,(H,21,22,23). The molecule has 4 rings (SSSR count). The van der Waals surface area contributed by atoms with E-state index in [2.05, 4.69) is 27.5 Å². The highest BCUT2D eigenvalue weighted by atomic mass is 16.5. The van der Waals surface area contributed by atoms with Gasteiger partial charge < -0.3 is 19.5 Å². The molecule has 0 amide bonds. The van der Waals surface area contributed by atoms with Crippen LogP contribution in [0.5, 0.6) is 17.2 Å². The summed E-state index contributed by atoms with van der Waals surface area (Å²) in [4.78, 5) is 4.38. The van der Waals surface area contributed by atoms with Crippen molar-refractivity contribution in [3.8, 4) is 17.2 Å². The Morgan fingerprint density at radius 2 is 1.81 bits per heavy atom. The minimum Gasteiger partial charge on any atom is -0.497 e. The number of anilines is 1. The predicted octanol–water partition coefficient (Wildman–Crippen LogP) is 3.45. The lowest BCUT2D eigenvalue weighted by Gasteiger charge is -2.32. The van der Waals surface area contributed by atoms with Gasteiger partial charge in [-0.25, -0.2) is 4.68 Å². The number of nitrogens with one attached hydrogen (secondary N) is 1. The Hall–Kier alpha value is -3.22. The van der Waals surface area contributed by atoms with Gasteiger partial charge in [0.25, 0.3) is 0 Å². The molecule has 7 heteroatoms. The topological polar surface area (TPSA) is 70.4 Å². The number of fused-ring (bicyclic) bond motifs is 1.